The van der Waals surface area contributed by atoms with E-state index < -0.39 is 0 Å². The number of benzene rings is 1. The summed E-state index contributed by atoms with van der Waals surface area (Å²) in [5.74, 6) is 0.544. The van der Waals surface area contributed by atoms with Crippen LogP contribution in [-0.2, 0) is 6.42 Å². The third-order valence-electron chi connectivity index (χ3n) is 3.10. The molecule has 1 aliphatic rings. The first-order valence-electron chi connectivity index (χ1n) is 5.27. The second-order valence-electron chi connectivity index (χ2n) is 4.33. The van der Waals surface area contributed by atoms with Gasteiger partial charge in [0, 0.05) is 11.7 Å². The van der Waals surface area contributed by atoms with Crippen molar-refractivity contribution < 1.29 is 0 Å². The van der Waals surface area contributed by atoms with E-state index in [4.69, 9.17) is 5.73 Å². The Morgan fingerprint density at radius 3 is 3.07 bits per heavy atom. The number of nitrogens with two attached hydrogens (primary N) is 1. The van der Waals surface area contributed by atoms with Gasteiger partial charge in [0.2, 0.25) is 0 Å². The average molecular weight is 190 g/mol. The Morgan fingerprint density at radius 2 is 2.36 bits per heavy atom. The summed E-state index contributed by atoms with van der Waals surface area (Å²) in [7, 11) is 0. The van der Waals surface area contributed by atoms with Gasteiger partial charge in [-0.3, -0.25) is 0 Å². The summed E-state index contributed by atoms with van der Waals surface area (Å²) in [6.45, 7) is 5.10. The van der Waals surface area contributed by atoms with Crippen LogP contribution in [0.4, 0.5) is 5.69 Å². The third kappa shape index (κ3) is 1.62. The summed E-state index contributed by atoms with van der Waals surface area (Å²) in [5, 5.41) is 3.53. The Kier molecular flexibility index (Phi) is 2.46. The molecule has 14 heavy (non-hydrogen) atoms. The van der Waals surface area contributed by atoms with Crippen LogP contribution in [0.15, 0.2) is 18.2 Å². The van der Waals surface area contributed by atoms with Crippen molar-refractivity contribution in [2.75, 3.05) is 11.9 Å². The zero-order chi connectivity index (χ0) is 10.1. The fraction of sp³-hybridized carbons (Fsp3) is 0.500. The van der Waals surface area contributed by atoms with E-state index in [0.717, 1.165) is 13.0 Å². The van der Waals surface area contributed by atoms with Gasteiger partial charge in [0.05, 0.1) is 0 Å². The van der Waals surface area contributed by atoms with Gasteiger partial charge in [-0.2, -0.15) is 0 Å². The van der Waals surface area contributed by atoms with Gasteiger partial charge in [-0.15, -0.1) is 0 Å². The van der Waals surface area contributed by atoms with Gasteiger partial charge in [0.15, 0.2) is 0 Å². The van der Waals surface area contributed by atoms with E-state index in [2.05, 4.69) is 37.4 Å². The molecule has 0 fully saturated rings. The fourth-order valence-electron chi connectivity index (χ4n) is 2.03. The van der Waals surface area contributed by atoms with Crippen LogP contribution in [0.1, 0.15) is 18.1 Å². The van der Waals surface area contributed by atoms with Crippen molar-refractivity contribution in [3.63, 3.8) is 0 Å². The first kappa shape index (κ1) is 9.53. The standard InChI is InChI=1S/C12H18N2/c1-8-3-4-11-10(5-8)6-12(14-11)9(2)7-13/h3-5,9,12,14H,6-7,13H2,1-2H3. The highest BCUT2D eigenvalue weighted by Crippen LogP contribution is 2.29. The Morgan fingerprint density at radius 1 is 1.57 bits per heavy atom. The summed E-state index contributed by atoms with van der Waals surface area (Å²) in [6.07, 6.45) is 1.12. The summed E-state index contributed by atoms with van der Waals surface area (Å²) in [4.78, 5) is 0. The monoisotopic (exact) mass is 190 g/mol. The van der Waals surface area contributed by atoms with Crippen LogP contribution >= 0.6 is 0 Å². The van der Waals surface area contributed by atoms with Crippen molar-refractivity contribution in [3.8, 4) is 0 Å². The van der Waals surface area contributed by atoms with Crippen LogP contribution in [0.2, 0.25) is 0 Å². The second kappa shape index (κ2) is 3.62. The van der Waals surface area contributed by atoms with Gasteiger partial charge in [-0.05, 0) is 37.4 Å². The molecule has 0 saturated carbocycles. The minimum Gasteiger partial charge on any atom is -0.381 e. The lowest BCUT2D eigenvalue weighted by atomic mass is 9.98. The van der Waals surface area contributed by atoms with E-state index in [1.54, 1.807) is 0 Å². The van der Waals surface area contributed by atoms with E-state index >= 15 is 0 Å². The molecule has 3 N–H and O–H groups in total. The Labute approximate surface area is 85.5 Å². The molecule has 2 heteroatoms. The van der Waals surface area contributed by atoms with Crippen LogP contribution in [0.3, 0.4) is 0 Å². The molecule has 1 heterocycles. The first-order chi connectivity index (χ1) is 6.70. The molecule has 0 saturated heterocycles. The van der Waals surface area contributed by atoms with Crippen molar-refractivity contribution in [2.24, 2.45) is 11.7 Å². The molecule has 0 aromatic heterocycles. The molecular weight excluding hydrogens is 172 g/mol. The van der Waals surface area contributed by atoms with Crippen molar-refractivity contribution >= 4 is 5.69 Å². The second-order valence-corrected chi connectivity index (χ2v) is 4.33. The largest absolute Gasteiger partial charge is 0.381 e. The zero-order valence-corrected chi connectivity index (χ0v) is 8.88. The highest BCUT2D eigenvalue weighted by molar-refractivity contribution is 5.58. The number of anilines is 1. The van der Waals surface area contributed by atoms with Gasteiger partial charge in [-0.1, -0.05) is 24.6 Å². The average Bonchev–Trinajstić information content (AvgIpc) is 2.59. The van der Waals surface area contributed by atoms with E-state index in [1.165, 1.54) is 16.8 Å². The molecule has 2 rings (SSSR count). The number of rotatable bonds is 2. The number of hydrogen-bond donors (Lipinski definition) is 2. The van der Waals surface area contributed by atoms with Crippen LogP contribution in [0, 0.1) is 12.8 Å². The van der Waals surface area contributed by atoms with Gasteiger partial charge in [0.25, 0.3) is 0 Å². The number of aryl methyl sites for hydroxylation is 1. The van der Waals surface area contributed by atoms with Crippen molar-refractivity contribution in [1.29, 1.82) is 0 Å². The molecular formula is C12H18N2. The number of hydrogen-bond acceptors (Lipinski definition) is 2. The molecule has 0 aliphatic carbocycles. The normalized spacial score (nSPS) is 21.5. The molecule has 0 radical (unpaired) electrons. The minimum atomic E-state index is 0.525. The van der Waals surface area contributed by atoms with E-state index in [-0.39, 0.29) is 0 Å². The van der Waals surface area contributed by atoms with Gasteiger partial charge in [-0.25, -0.2) is 0 Å². The highest BCUT2D eigenvalue weighted by atomic mass is 15.0. The summed E-state index contributed by atoms with van der Waals surface area (Å²) in [5.41, 5.74) is 9.75. The van der Waals surface area contributed by atoms with Crippen LogP contribution in [0.5, 0.6) is 0 Å². The molecule has 1 aromatic carbocycles. The maximum atomic E-state index is 5.68. The molecule has 76 valence electrons. The molecule has 0 amide bonds. The van der Waals surface area contributed by atoms with Gasteiger partial charge in [0.1, 0.15) is 0 Å². The SMILES string of the molecule is Cc1ccc2c(c1)CC(C(C)CN)N2. The van der Waals surface area contributed by atoms with Gasteiger partial charge < -0.3 is 11.1 Å². The van der Waals surface area contributed by atoms with E-state index in [1.807, 2.05) is 0 Å². The maximum Gasteiger partial charge on any atom is 0.0376 e. The Bertz CT molecular complexity index is 333. The molecule has 2 unspecified atom stereocenters. The Hall–Kier alpha value is -1.02. The van der Waals surface area contributed by atoms with E-state index in [0.29, 0.717) is 12.0 Å². The topological polar surface area (TPSA) is 38.0 Å². The van der Waals surface area contributed by atoms with Crippen molar-refractivity contribution in [3.05, 3.63) is 29.3 Å². The van der Waals surface area contributed by atoms with Crippen molar-refractivity contribution in [1.82, 2.24) is 0 Å². The lowest BCUT2D eigenvalue weighted by Crippen LogP contribution is -2.30. The third-order valence-corrected chi connectivity index (χ3v) is 3.10. The van der Waals surface area contributed by atoms with Crippen LogP contribution < -0.4 is 11.1 Å². The number of fused-ring (bicyclic) bond motifs is 1. The smallest absolute Gasteiger partial charge is 0.0376 e. The minimum absolute atomic E-state index is 0.525. The molecule has 1 aromatic rings. The summed E-state index contributed by atoms with van der Waals surface area (Å²) < 4.78 is 0. The predicted molar refractivity (Wildman–Crippen MR) is 60.5 cm³/mol. The van der Waals surface area contributed by atoms with Crippen LogP contribution in [-0.4, -0.2) is 12.6 Å². The number of nitrogens with one attached hydrogen (secondary N) is 1. The molecule has 2 atom stereocenters. The molecule has 0 spiro atoms. The summed E-state index contributed by atoms with van der Waals surface area (Å²) >= 11 is 0. The van der Waals surface area contributed by atoms with E-state index in [9.17, 15) is 0 Å². The highest BCUT2D eigenvalue weighted by Gasteiger charge is 2.24. The maximum absolute atomic E-state index is 5.68. The molecule has 2 nitrogen and oxygen atoms in total. The predicted octanol–water partition coefficient (Wildman–Crippen LogP) is 1.93. The van der Waals surface area contributed by atoms with Crippen LogP contribution in [0.25, 0.3) is 0 Å². The fourth-order valence-corrected chi connectivity index (χ4v) is 2.03. The Balaban J connectivity index is 2.17. The first-order valence-corrected chi connectivity index (χ1v) is 5.27. The lowest BCUT2D eigenvalue weighted by molar-refractivity contribution is 0.503. The lowest BCUT2D eigenvalue weighted by Gasteiger charge is -2.17. The molecule has 1 aliphatic heterocycles. The zero-order valence-electron chi connectivity index (χ0n) is 8.88. The van der Waals surface area contributed by atoms with Gasteiger partial charge >= 0.3 is 0 Å². The summed E-state index contributed by atoms with van der Waals surface area (Å²) in [6, 6.07) is 7.12. The quantitative estimate of drug-likeness (QED) is 0.747. The van der Waals surface area contributed by atoms with Crippen molar-refractivity contribution in [2.45, 2.75) is 26.3 Å². The molecule has 0 bridgehead atoms.